The van der Waals surface area contributed by atoms with Gasteiger partial charge >= 0.3 is 6.03 Å². The number of aromatic nitrogens is 7. The number of amides is 2. The van der Waals surface area contributed by atoms with Gasteiger partial charge in [-0.25, -0.2) is 14.8 Å². The van der Waals surface area contributed by atoms with Crippen molar-refractivity contribution in [2.75, 3.05) is 10.6 Å². The molecule has 36 heavy (non-hydrogen) atoms. The summed E-state index contributed by atoms with van der Waals surface area (Å²) in [5.41, 5.74) is 6.23. The fourth-order valence-corrected chi connectivity index (χ4v) is 4.01. The average Bonchev–Trinajstić information content (AvgIpc) is 3.64. The minimum absolute atomic E-state index is 0.382. The number of hydrogen-bond donors (Lipinski definition) is 4. The second-order valence-electron chi connectivity index (χ2n) is 8.26. The predicted molar refractivity (Wildman–Crippen MR) is 138 cm³/mol. The van der Waals surface area contributed by atoms with Crippen molar-refractivity contribution in [3.05, 3.63) is 91.4 Å². The third-order valence-corrected chi connectivity index (χ3v) is 5.75. The van der Waals surface area contributed by atoms with Crippen LogP contribution in [0.1, 0.15) is 5.69 Å². The number of carbonyl (C=O) groups is 1. The molecule has 0 bridgehead atoms. The Hall–Kier alpha value is -5.25. The summed E-state index contributed by atoms with van der Waals surface area (Å²) in [6.07, 6.45) is 8.89. The first kappa shape index (κ1) is 21.3. The van der Waals surface area contributed by atoms with Crippen molar-refractivity contribution in [2.24, 2.45) is 0 Å². The van der Waals surface area contributed by atoms with Crippen LogP contribution in [0.4, 0.5) is 16.3 Å². The Kier molecular flexibility index (Phi) is 5.23. The van der Waals surface area contributed by atoms with Crippen molar-refractivity contribution in [3.63, 3.8) is 0 Å². The van der Waals surface area contributed by atoms with E-state index in [2.05, 4.69) is 46.8 Å². The van der Waals surface area contributed by atoms with Crippen LogP contribution in [-0.4, -0.2) is 40.7 Å². The van der Waals surface area contributed by atoms with Gasteiger partial charge in [-0.15, -0.1) is 0 Å². The van der Waals surface area contributed by atoms with Crippen LogP contribution in [-0.2, 0) is 0 Å². The van der Waals surface area contributed by atoms with Crippen LogP contribution in [0, 0.1) is 6.92 Å². The number of rotatable bonds is 5. The van der Waals surface area contributed by atoms with Gasteiger partial charge < -0.3 is 10.3 Å². The van der Waals surface area contributed by atoms with E-state index in [-0.39, 0.29) is 6.03 Å². The van der Waals surface area contributed by atoms with Gasteiger partial charge in [-0.1, -0.05) is 12.1 Å². The highest BCUT2D eigenvalue weighted by molar-refractivity contribution is 5.99. The molecule has 10 nitrogen and oxygen atoms in total. The van der Waals surface area contributed by atoms with Crippen LogP contribution in [0.5, 0.6) is 0 Å². The second kappa shape index (κ2) is 8.84. The molecule has 0 spiro atoms. The number of fused-ring (bicyclic) bond motifs is 1. The summed E-state index contributed by atoms with van der Waals surface area (Å²) in [4.78, 5) is 28.8. The highest BCUT2D eigenvalue weighted by atomic mass is 16.2. The molecule has 5 heterocycles. The molecular formula is C26H21N9O. The molecule has 2 amide bonds. The molecule has 0 saturated carbocycles. The van der Waals surface area contributed by atoms with Crippen LogP contribution in [0.25, 0.3) is 39.2 Å². The summed E-state index contributed by atoms with van der Waals surface area (Å²) in [6, 6.07) is 16.7. The first-order valence-corrected chi connectivity index (χ1v) is 11.3. The maximum absolute atomic E-state index is 12.5. The molecule has 6 aromatic rings. The van der Waals surface area contributed by atoms with Gasteiger partial charge in [0.15, 0.2) is 5.82 Å². The normalized spacial score (nSPS) is 11.0. The minimum atomic E-state index is -0.382. The Labute approximate surface area is 205 Å². The highest BCUT2D eigenvalue weighted by Gasteiger charge is 2.11. The van der Waals surface area contributed by atoms with Gasteiger partial charge in [0.2, 0.25) is 0 Å². The molecule has 4 N–H and O–H groups in total. The number of urea groups is 1. The van der Waals surface area contributed by atoms with Crippen molar-refractivity contribution in [3.8, 4) is 28.3 Å². The predicted octanol–water partition coefficient (Wildman–Crippen LogP) is 5.15. The third-order valence-electron chi connectivity index (χ3n) is 5.75. The number of aryl methyl sites for hydroxylation is 1. The summed E-state index contributed by atoms with van der Waals surface area (Å²) < 4.78 is 1.92. The van der Waals surface area contributed by atoms with Gasteiger partial charge in [0.05, 0.1) is 16.9 Å². The largest absolute Gasteiger partial charge is 0.354 e. The van der Waals surface area contributed by atoms with Gasteiger partial charge in [0, 0.05) is 53.2 Å². The summed E-state index contributed by atoms with van der Waals surface area (Å²) in [5, 5.41) is 13.6. The smallest absolute Gasteiger partial charge is 0.324 e. The highest BCUT2D eigenvalue weighted by Crippen LogP contribution is 2.28. The van der Waals surface area contributed by atoms with Crippen LogP contribution in [0.2, 0.25) is 0 Å². The van der Waals surface area contributed by atoms with Crippen molar-refractivity contribution in [1.82, 2.24) is 34.7 Å². The molecule has 5 aromatic heterocycles. The zero-order valence-corrected chi connectivity index (χ0v) is 19.2. The number of H-pyrrole nitrogens is 2. The Bertz CT molecular complexity index is 1660. The molecule has 0 atom stereocenters. The monoisotopic (exact) mass is 475 g/mol. The summed E-state index contributed by atoms with van der Waals surface area (Å²) in [5.74, 6) is 1.24. The van der Waals surface area contributed by atoms with Crippen LogP contribution >= 0.6 is 0 Å². The van der Waals surface area contributed by atoms with E-state index in [1.54, 1.807) is 31.0 Å². The fraction of sp³-hybridized carbons (Fsp3) is 0.0385. The molecule has 10 heteroatoms. The van der Waals surface area contributed by atoms with Crippen LogP contribution in [0.3, 0.4) is 0 Å². The summed E-state index contributed by atoms with van der Waals surface area (Å²) in [7, 11) is 0. The fourth-order valence-electron chi connectivity index (χ4n) is 4.01. The average molecular weight is 476 g/mol. The molecule has 0 aliphatic heterocycles. The second-order valence-corrected chi connectivity index (χ2v) is 8.26. The van der Waals surface area contributed by atoms with Gasteiger partial charge in [0.1, 0.15) is 12.1 Å². The molecule has 0 radical (unpaired) electrons. The lowest BCUT2D eigenvalue weighted by molar-refractivity contribution is 0.262. The number of pyridine rings is 2. The lowest BCUT2D eigenvalue weighted by Crippen LogP contribution is -2.19. The minimum Gasteiger partial charge on any atom is -0.354 e. The quantitative estimate of drug-likeness (QED) is 0.274. The number of carbonyl (C=O) groups excluding carboxylic acids is 1. The number of hydrogen-bond acceptors (Lipinski definition) is 5. The van der Waals surface area contributed by atoms with Gasteiger partial charge in [0.25, 0.3) is 0 Å². The molecular weight excluding hydrogens is 454 g/mol. The van der Waals surface area contributed by atoms with Gasteiger partial charge in [-0.3, -0.25) is 20.0 Å². The van der Waals surface area contributed by atoms with E-state index in [4.69, 9.17) is 0 Å². The van der Waals surface area contributed by atoms with E-state index in [1.165, 1.54) is 0 Å². The number of nitrogens with zero attached hydrogens (tertiary/aromatic N) is 5. The van der Waals surface area contributed by atoms with Crippen LogP contribution < -0.4 is 10.6 Å². The molecule has 176 valence electrons. The van der Waals surface area contributed by atoms with E-state index >= 15 is 0 Å². The Balaban J connectivity index is 1.16. The Morgan fingerprint density at radius 2 is 1.69 bits per heavy atom. The maximum atomic E-state index is 12.5. The SMILES string of the molecule is Cc1cn(-c2nccc3[nH]c(-c4ccc(NC(=O)Nc5cc(-c6ccncc6)[nH]n5)cc4)cc23)cn1. The van der Waals surface area contributed by atoms with E-state index in [0.29, 0.717) is 11.5 Å². The zero-order valence-electron chi connectivity index (χ0n) is 19.2. The maximum Gasteiger partial charge on any atom is 0.324 e. The van der Waals surface area contributed by atoms with Crippen molar-refractivity contribution in [1.29, 1.82) is 0 Å². The summed E-state index contributed by atoms with van der Waals surface area (Å²) >= 11 is 0. The number of anilines is 2. The van der Waals surface area contributed by atoms with E-state index in [1.807, 2.05) is 60.2 Å². The van der Waals surface area contributed by atoms with E-state index < -0.39 is 0 Å². The lowest BCUT2D eigenvalue weighted by Gasteiger charge is -2.06. The van der Waals surface area contributed by atoms with E-state index in [9.17, 15) is 4.79 Å². The number of aromatic amines is 2. The molecule has 0 aliphatic carbocycles. The summed E-state index contributed by atoms with van der Waals surface area (Å²) in [6.45, 7) is 1.95. The number of benzene rings is 1. The van der Waals surface area contributed by atoms with Crippen LogP contribution in [0.15, 0.2) is 85.7 Å². The third kappa shape index (κ3) is 4.18. The van der Waals surface area contributed by atoms with Crippen molar-refractivity contribution >= 4 is 28.4 Å². The molecule has 6 rings (SSSR count). The Morgan fingerprint density at radius 3 is 2.47 bits per heavy atom. The molecule has 0 saturated heterocycles. The molecule has 0 aliphatic rings. The van der Waals surface area contributed by atoms with Gasteiger partial charge in [-0.2, -0.15) is 5.10 Å². The van der Waals surface area contributed by atoms with E-state index in [0.717, 1.165) is 44.9 Å². The lowest BCUT2D eigenvalue weighted by atomic mass is 10.1. The molecule has 0 fully saturated rings. The number of nitrogens with one attached hydrogen (secondary N) is 4. The van der Waals surface area contributed by atoms with Crippen molar-refractivity contribution < 1.29 is 4.79 Å². The zero-order chi connectivity index (χ0) is 24.5. The topological polar surface area (TPSA) is 129 Å². The van der Waals surface area contributed by atoms with Crippen molar-refractivity contribution in [2.45, 2.75) is 6.92 Å². The first-order chi connectivity index (χ1) is 17.6. The Morgan fingerprint density at radius 1 is 0.889 bits per heavy atom. The molecule has 0 unspecified atom stereocenters. The standard InChI is InChI=1S/C26H21N9O/c1-16-14-35(15-29-16)25-20-12-22(31-21(20)8-11-28-25)17-2-4-19(5-3-17)30-26(36)32-24-13-23(33-34-24)18-6-9-27-10-7-18/h2-15,31H,1H3,(H3,30,32,33,34,36). The first-order valence-electron chi connectivity index (χ1n) is 11.3. The van der Waals surface area contributed by atoms with Gasteiger partial charge in [-0.05, 0) is 48.9 Å². The number of imidazole rings is 1. The molecule has 1 aromatic carbocycles.